The van der Waals surface area contributed by atoms with Gasteiger partial charge >= 0.3 is 0 Å². The van der Waals surface area contributed by atoms with Crippen LogP contribution >= 0.6 is 0 Å². The Bertz CT molecular complexity index is 832. The third kappa shape index (κ3) is 3.50. The summed E-state index contributed by atoms with van der Waals surface area (Å²) in [6.07, 6.45) is 0. The lowest BCUT2D eigenvalue weighted by atomic mass is 10.1. The number of hydrazone groups is 1. The fourth-order valence-corrected chi connectivity index (χ4v) is 2.36. The molecule has 0 bridgehead atoms. The molecule has 2 aromatic carbocycles. The summed E-state index contributed by atoms with van der Waals surface area (Å²) in [7, 11) is 3.14. The summed E-state index contributed by atoms with van der Waals surface area (Å²) in [6, 6.07) is 10.4. The van der Waals surface area contributed by atoms with Crippen LogP contribution in [0.15, 0.2) is 41.5 Å². The predicted molar refractivity (Wildman–Crippen MR) is 91.8 cm³/mol. The number of carbonyl (C=O) groups is 1. The Balaban J connectivity index is 1.73. The predicted octanol–water partition coefficient (Wildman–Crippen LogP) is 2.59. The van der Waals surface area contributed by atoms with Gasteiger partial charge in [-0.15, -0.1) is 0 Å². The molecule has 0 radical (unpaired) electrons. The quantitative estimate of drug-likeness (QED) is 0.667. The summed E-state index contributed by atoms with van der Waals surface area (Å²) in [4.78, 5) is 12.2. The second-order valence-corrected chi connectivity index (χ2v) is 5.28. The molecule has 25 heavy (non-hydrogen) atoms. The first-order valence-corrected chi connectivity index (χ1v) is 7.59. The van der Waals surface area contributed by atoms with Crippen molar-refractivity contribution in [3.05, 3.63) is 47.5 Å². The Morgan fingerprint density at radius 2 is 1.72 bits per heavy atom. The third-order valence-electron chi connectivity index (χ3n) is 3.76. The van der Waals surface area contributed by atoms with Gasteiger partial charge in [-0.05, 0) is 43.3 Å². The SMILES string of the molecule is COc1ccc(C(C)=NNC(=O)c2ccc3c(c2)OCO3)cc1OC. The molecule has 0 saturated carbocycles. The molecule has 130 valence electrons. The first-order valence-electron chi connectivity index (χ1n) is 7.59. The lowest BCUT2D eigenvalue weighted by Crippen LogP contribution is -2.19. The smallest absolute Gasteiger partial charge is 0.271 e. The Kier molecular flexibility index (Phi) is 4.74. The van der Waals surface area contributed by atoms with Gasteiger partial charge in [-0.3, -0.25) is 4.79 Å². The highest BCUT2D eigenvalue weighted by Gasteiger charge is 2.16. The van der Waals surface area contributed by atoms with Crippen molar-refractivity contribution >= 4 is 11.6 Å². The molecule has 0 atom stereocenters. The van der Waals surface area contributed by atoms with Gasteiger partial charge in [0.25, 0.3) is 5.91 Å². The minimum Gasteiger partial charge on any atom is -0.493 e. The van der Waals surface area contributed by atoms with E-state index in [4.69, 9.17) is 18.9 Å². The molecular formula is C18H18N2O5. The molecule has 2 aromatic rings. The van der Waals surface area contributed by atoms with Crippen LogP contribution in [-0.2, 0) is 0 Å². The largest absolute Gasteiger partial charge is 0.493 e. The van der Waals surface area contributed by atoms with E-state index in [1.165, 1.54) is 0 Å². The first-order chi connectivity index (χ1) is 12.1. The van der Waals surface area contributed by atoms with Crippen molar-refractivity contribution in [3.63, 3.8) is 0 Å². The molecular weight excluding hydrogens is 324 g/mol. The molecule has 1 amide bonds. The molecule has 0 unspecified atom stereocenters. The summed E-state index contributed by atoms with van der Waals surface area (Å²) in [6.45, 7) is 1.96. The minimum atomic E-state index is -0.335. The lowest BCUT2D eigenvalue weighted by Gasteiger charge is -2.09. The number of hydrogen-bond acceptors (Lipinski definition) is 6. The molecule has 1 heterocycles. The number of nitrogens with one attached hydrogen (secondary N) is 1. The molecule has 0 aromatic heterocycles. The van der Waals surface area contributed by atoms with Gasteiger partial charge in [0.2, 0.25) is 6.79 Å². The molecule has 1 aliphatic heterocycles. The normalized spacial score (nSPS) is 12.7. The summed E-state index contributed by atoms with van der Waals surface area (Å²) < 4.78 is 21.0. The van der Waals surface area contributed by atoms with E-state index in [0.717, 1.165) is 5.56 Å². The van der Waals surface area contributed by atoms with Crippen LogP contribution in [0.3, 0.4) is 0 Å². The molecule has 0 fully saturated rings. The number of amides is 1. The Hall–Kier alpha value is -3.22. The van der Waals surface area contributed by atoms with Crippen LogP contribution in [0.4, 0.5) is 0 Å². The van der Waals surface area contributed by atoms with Gasteiger partial charge in [0.1, 0.15) is 0 Å². The number of carbonyl (C=O) groups excluding carboxylic acids is 1. The average Bonchev–Trinajstić information content (AvgIpc) is 3.12. The van der Waals surface area contributed by atoms with Gasteiger partial charge in [0.05, 0.1) is 19.9 Å². The van der Waals surface area contributed by atoms with Gasteiger partial charge in [-0.25, -0.2) is 5.43 Å². The summed E-state index contributed by atoms with van der Waals surface area (Å²) in [5, 5.41) is 4.14. The molecule has 1 N–H and O–H groups in total. The second kappa shape index (κ2) is 7.12. The fourth-order valence-electron chi connectivity index (χ4n) is 2.36. The van der Waals surface area contributed by atoms with Crippen molar-refractivity contribution in [2.75, 3.05) is 21.0 Å². The Labute approximate surface area is 145 Å². The maximum atomic E-state index is 12.2. The molecule has 7 nitrogen and oxygen atoms in total. The van der Waals surface area contributed by atoms with Gasteiger partial charge in [0.15, 0.2) is 23.0 Å². The van der Waals surface area contributed by atoms with Crippen molar-refractivity contribution in [2.24, 2.45) is 5.10 Å². The monoisotopic (exact) mass is 342 g/mol. The van der Waals surface area contributed by atoms with Crippen molar-refractivity contribution < 1.29 is 23.7 Å². The Morgan fingerprint density at radius 1 is 1.00 bits per heavy atom. The van der Waals surface area contributed by atoms with Crippen molar-refractivity contribution in [1.82, 2.24) is 5.43 Å². The van der Waals surface area contributed by atoms with E-state index in [1.807, 2.05) is 6.07 Å². The number of methoxy groups -OCH3 is 2. The topological polar surface area (TPSA) is 78.4 Å². The molecule has 0 aliphatic carbocycles. The zero-order chi connectivity index (χ0) is 17.8. The lowest BCUT2D eigenvalue weighted by molar-refractivity contribution is 0.0954. The van der Waals surface area contributed by atoms with E-state index in [-0.39, 0.29) is 12.7 Å². The number of hydrogen-bond donors (Lipinski definition) is 1. The van der Waals surface area contributed by atoms with E-state index in [9.17, 15) is 4.79 Å². The van der Waals surface area contributed by atoms with Crippen LogP contribution in [0.2, 0.25) is 0 Å². The summed E-state index contributed by atoms with van der Waals surface area (Å²) >= 11 is 0. The third-order valence-corrected chi connectivity index (χ3v) is 3.76. The van der Waals surface area contributed by atoms with E-state index in [1.54, 1.807) is 51.5 Å². The summed E-state index contributed by atoms with van der Waals surface area (Å²) in [5.74, 6) is 2.06. The molecule has 3 rings (SSSR count). The van der Waals surface area contributed by atoms with Gasteiger partial charge in [-0.1, -0.05) is 0 Å². The minimum absolute atomic E-state index is 0.164. The standard InChI is InChI=1S/C18H18N2O5/c1-11(12-4-6-14(22-2)16(8-12)23-3)19-20-18(21)13-5-7-15-17(9-13)25-10-24-15/h4-9H,10H2,1-3H3,(H,20,21). The number of benzene rings is 2. The average molecular weight is 342 g/mol. The highest BCUT2D eigenvalue weighted by molar-refractivity contribution is 6.01. The van der Waals surface area contributed by atoms with Crippen molar-refractivity contribution in [2.45, 2.75) is 6.92 Å². The van der Waals surface area contributed by atoms with Crippen LogP contribution in [-0.4, -0.2) is 32.6 Å². The van der Waals surface area contributed by atoms with Gasteiger partial charge < -0.3 is 18.9 Å². The fraction of sp³-hybridized carbons (Fsp3) is 0.222. The van der Waals surface area contributed by atoms with Crippen LogP contribution in [0, 0.1) is 0 Å². The number of fused-ring (bicyclic) bond motifs is 1. The van der Waals surface area contributed by atoms with Crippen LogP contribution in [0.5, 0.6) is 23.0 Å². The van der Waals surface area contributed by atoms with E-state index >= 15 is 0 Å². The van der Waals surface area contributed by atoms with Crippen LogP contribution in [0.25, 0.3) is 0 Å². The zero-order valence-electron chi connectivity index (χ0n) is 14.2. The number of nitrogens with zero attached hydrogens (tertiary/aromatic N) is 1. The zero-order valence-corrected chi connectivity index (χ0v) is 14.2. The highest BCUT2D eigenvalue weighted by Crippen LogP contribution is 2.32. The van der Waals surface area contributed by atoms with Gasteiger partial charge in [0, 0.05) is 11.1 Å². The molecule has 1 aliphatic rings. The van der Waals surface area contributed by atoms with Crippen molar-refractivity contribution in [1.29, 1.82) is 0 Å². The number of ether oxygens (including phenoxy) is 4. The first kappa shape index (κ1) is 16.6. The summed E-state index contributed by atoms with van der Waals surface area (Å²) in [5.41, 5.74) is 4.42. The maximum Gasteiger partial charge on any atom is 0.271 e. The second-order valence-electron chi connectivity index (χ2n) is 5.28. The Morgan fingerprint density at radius 3 is 2.48 bits per heavy atom. The van der Waals surface area contributed by atoms with Crippen LogP contribution in [0.1, 0.15) is 22.8 Å². The van der Waals surface area contributed by atoms with Crippen molar-refractivity contribution in [3.8, 4) is 23.0 Å². The van der Waals surface area contributed by atoms with E-state index in [0.29, 0.717) is 34.3 Å². The van der Waals surface area contributed by atoms with Gasteiger partial charge in [-0.2, -0.15) is 5.10 Å². The van der Waals surface area contributed by atoms with E-state index in [2.05, 4.69) is 10.5 Å². The maximum absolute atomic E-state index is 12.2. The van der Waals surface area contributed by atoms with E-state index < -0.39 is 0 Å². The highest BCUT2D eigenvalue weighted by atomic mass is 16.7. The van der Waals surface area contributed by atoms with Crippen LogP contribution < -0.4 is 24.4 Å². The number of rotatable bonds is 5. The molecule has 0 spiro atoms. The molecule has 7 heteroatoms. The molecule has 0 saturated heterocycles.